The molecule has 0 aliphatic heterocycles. The van der Waals surface area contributed by atoms with E-state index in [-0.39, 0.29) is 6.03 Å². The van der Waals surface area contributed by atoms with Crippen molar-refractivity contribution in [3.63, 3.8) is 0 Å². The Balaban J connectivity index is 1.58. The monoisotopic (exact) mass is 448 g/mol. The molecule has 2 N–H and O–H groups in total. The van der Waals surface area contributed by atoms with Crippen LogP contribution in [-0.2, 0) is 0 Å². The Morgan fingerprint density at radius 1 is 0.862 bits per heavy atom. The molecule has 144 valence electrons. The molecule has 4 aromatic rings. The number of aromatic nitrogens is 2. The molecule has 0 spiro atoms. The summed E-state index contributed by atoms with van der Waals surface area (Å²) in [7, 11) is 0. The number of amides is 2. The summed E-state index contributed by atoms with van der Waals surface area (Å²) in [6.45, 7) is 0. The maximum absolute atomic E-state index is 12.6. The number of urea groups is 1. The van der Waals surface area contributed by atoms with Crippen LogP contribution in [0.5, 0.6) is 0 Å². The molecule has 29 heavy (non-hydrogen) atoms. The summed E-state index contributed by atoms with van der Waals surface area (Å²) < 4.78 is 6.82. The lowest BCUT2D eigenvalue weighted by molar-refractivity contribution is 0.248. The highest BCUT2D eigenvalue weighted by Gasteiger charge is 2.23. The number of hydrogen-bond donors (Lipinski definition) is 2. The highest BCUT2D eigenvalue weighted by Crippen LogP contribution is 2.25. The van der Waals surface area contributed by atoms with Gasteiger partial charge in [-0.05, 0) is 42.0 Å². The van der Waals surface area contributed by atoms with Gasteiger partial charge in [-0.1, -0.05) is 64.5 Å². The van der Waals surface area contributed by atoms with E-state index >= 15 is 0 Å². The van der Waals surface area contributed by atoms with Crippen LogP contribution < -0.4 is 10.6 Å². The molecule has 2 amide bonds. The summed E-state index contributed by atoms with van der Waals surface area (Å²) in [6, 6.07) is 25.4. The van der Waals surface area contributed by atoms with Gasteiger partial charge in [0.25, 0.3) is 0 Å². The second-order valence-electron chi connectivity index (χ2n) is 6.26. The summed E-state index contributed by atoms with van der Waals surface area (Å²) in [6.07, 6.45) is 0. The van der Waals surface area contributed by atoms with Crippen LogP contribution in [0.4, 0.5) is 10.5 Å². The number of rotatable bonds is 5. The summed E-state index contributed by atoms with van der Waals surface area (Å²) in [5, 5.41) is 14.1. The summed E-state index contributed by atoms with van der Waals surface area (Å²) in [5.74, 6) is 0.706. The molecule has 0 bridgehead atoms. The molecule has 1 heterocycles. The van der Waals surface area contributed by atoms with Crippen LogP contribution in [-0.4, -0.2) is 16.2 Å². The third kappa shape index (κ3) is 4.70. The summed E-state index contributed by atoms with van der Waals surface area (Å²) >= 11 is 3.38. The standard InChI is InChI=1S/C22H17BrN4O2/c23-17-11-13-18(14-12-17)24-22(28)25-19(15-7-3-1-4-8-15)21-27-26-20(29-21)16-9-5-2-6-10-16/h1-14,19H,(H2,24,25,28)/t19-/m0/s1. The van der Waals surface area contributed by atoms with E-state index in [1.807, 2.05) is 72.8 Å². The molecule has 7 heteroatoms. The minimum Gasteiger partial charge on any atom is -0.418 e. The van der Waals surface area contributed by atoms with Gasteiger partial charge in [0.1, 0.15) is 6.04 Å². The Hall–Kier alpha value is -3.45. The third-order valence-corrected chi connectivity index (χ3v) is 4.75. The molecule has 0 saturated heterocycles. The van der Waals surface area contributed by atoms with Gasteiger partial charge < -0.3 is 15.1 Å². The molecule has 0 radical (unpaired) electrons. The number of nitrogens with one attached hydrogen (secondary N) is 2. The lowest BCUT2D eigenvalue weighted by atomic mass is 10.1. The number of carbonyl (C=O) groups is 1. The normalized spacial score (nSPS) is 11.6. The van der Waals surface area contributed by atoms with E-state index in [1.54, 1.807) is 12.1 Å². The van der Waals surface area contributed by atoms with Gasteiger partial charge in [0, 0.05) is 15.7 Å². The highest BCUT2D eigenvalue weighted by atomic mass is 79.9. The average molecular weight is 449 g/mol. The molecule has 0 saturated carbocycles. The maximum atomic E-state index is 12.6. The SMILES string of the molecule is O=C(Nc1ccc(Br)cc1)N[C@@H](c1ccccc1)c1nnc(-c2ccccc2)o1. The van der Waals surface area contributed by atoms with Crippen molar-refractivity contribution in [3.05, 3.63) is 101 Å². The summed E-state index contributed by atoms with van der Waals surface area (Å²) in [5.41, 5.74) is 2.33. The van der Waals surface area contributed by atoms with Crippen molar-refractivity contribution in [3.8, 4) is 11.5 Å². The van der Waals surface area contributed by atoms with Gasteiger partial charge in [-0.15, -0.1) is 10.2 Å². The molecule has 0 fully saturated rings. The van der Waals surface area contributed by atoms with Crippen LogP contribution in [0, 0.1) is 0 Å². The second kappa shape index (κ2) is 8.70. The Morgan fingerprint density at radius 3 is 2.21 bits per heavy atom. The van der Waals surface area contributed by atoms with E-state index in [4.69, 9.17) is 4.42 Å². The third-order valence-electron chi connectivity index (χ3n) is 4.22. The number of anilines is 1. The van der Waals surface area contributed by atoms with Crippen molar-refractivity contribution in [2.24, 2.45) is 0 Å². The van der Waals surface area contributed by atoms with Crippen LogP contribution in [0.1, 0.15) is 17.5 Å². The molecule has 0 aliphatic carbocycles. The molecule has 1 atom stereocenters. The van der Waals surface area contributed by atoms with E-state index in [2.05, 4.69) is 36.8 Å². The molecular formula is C22H17BrN4O2. The first-order valence-corrected chi connectivity index (χ1v) is 9.75. The van der Waals surface area contributed by atoms with Crippen LogP contribution >= 0.6 is 15.9 Å². The van der Waals surface area contributed by atoms with Gasteiger partial charge in [-0.2, -0.15) is 0 Å². The zero-order chi connectivity index (χ0) is 20.1. The van der Waals surface area contributed by atoms with E-state index in [1.165, 1.54) is 0 Å². The average Bonchev–Trinajstić information content (AvgIpc) is 3.25. The molecule has 0 unspecified atom stereocenters. The fraction of sp³-hybridized carbons (Fsp3) is 0.0455. The van der Waals surface area contributed by atoms with Gasteiger partial charge in [-0.3, -0.25) is 0 Å². The molecule has 0 aliphatic rings. The van der Waals surface area contributed by atoms with Gasteiger partial charge in [0.2, 0.25) is 11.8 Å². The van der Waals surface area contributed by atoms with Crippen LogP contribution in [0.2, 0.25) is 0 Å². The smallest absolute Gasteiger partial charge is 0.320 e. The molecular weight excluding hydrogens is 432 g/mol. The van der Waals surface area contributed by atoms with Crippen molar-refractivity contribution < 1.29 is 9.21 Å². The fourth-order valence-electron chi connectivity index (χ4n) is 2.81. The first-order valence-electron chi connectivity index (χ1n) is 8.96. The lowest BCUT2D eigenvalue weighted by Crippen LogP contribution is -2.33. The van der Waals surface area contributed by atoms with Crippen molar-refractivity contribution >= 4 is 27.6 Å². The van der Waals surface area contributed by atoms with Crippen molar-refractivity contribution in [1.29, 1.82) is 0 Å². The topological polar surface area (TPSA) is 80.0 Å². The molecule has 6 nitrogen and oxygen atoms in total. The zero-order valence-corrected chi connectivity index (χ0v) is 16.8. The van der Waals surface area contributed by atoms with Crippen LogP contribution in [0.3, 0.4) is 0 Å². The highest BCUT2D eigenvalue weighted by molar-refractivity contribution is 9.10. The van der Waals surface area contributed by atoms with Gasteiger partial charge in [-0.25, -0.2) is 4.79 Å². The Bertz CT molecular complexity index is 1080. The van der Waals surface area contributed by atoms with Crippen molar-refractivity contribution in [2.75, 3.05) is 5.32 Å². The fourth-order valence-corrected chi connectivity index (χ4v) is 3.08. The lowest BCUT2D eigenvalue weighted by Gasteiger charge is -2.16. The number of halogens is 1. The number of hydrogen-bond acceptors (Lipinski definition) is 4. The van der Waals surface area contributed by atoms with Crippen molar-refractivity contribution in [1.82, 2.24) is 15.5 Å². The largest absolute Gasteiger partial charge is 0.418 e. The van der Waals surface area contributed by atoms with Gasteiger partial charge in [0.05, 0.1) is 0 Å². The second-order valence-corrected chi connectivity index (χ2v) is 7.18. The van der Waals surface area contributed by atoms with Crippen molar-refractivity contribution in [2.45, 2.75) is 6.04 Å². The van der Waals surface area contributed by atoms with E-state index in [9.17, 15) is 4.79 Å². The Morgan fingerprint density at radius 2 is 1.52 bits per heavy atom. The predicted molar refractivity (Wildman–Crippen MR) is 114 cm³/mol. The quantitative estimate of drug-likeness (QED) is 0.427. The zero-order valence-electron chi connectivity index (χ0n) is 15.2. The number of carbonyl (C=O) groups excluding carboxylic acids is 1. The van der Waals surface area contributed by atoms with Crippen LogP contribution in [0.15, 0.2) is 93.8 Å². The van der Waals surface area contributed by atoms with E-state index in [0.29, 0.717) is 17.5 Å². The Kier molecular flexibility index (Phi) is 5.67. The number of nitrogens with zero attached hydrogens (tertiary/aromatic N) is 2. The minimum absolute atomic E-state index is 0.306. The first-order chi connectivity index (χ1) is 14.2. The molecule has 1 aromatic heterocycles. The van der Waals surface area contributed by atoms with E-state index in [0.717, 1.165) is 15.6 Å². The summed E-state index contributed by atoms with van der Waals surface area (Å²) in [4.78, 5) is 12.6. The van der Waals surface area contributed by atoms with Crippen LogP contribution in [0.25, 0.3) is 11.5 Å². The van der Waals surface area contributed by atoms with Gasteiger partial charge in [0.15, 0.2) is 0 Å². The van der Waals surface area contributed by atoms with E-state index < -0.39 is 6.04 Å². The first kappa shape index (κ1) is 18.9. The molecule has 4 rings (SSSR count). The maximum Gasteiger partial charge on any atom is 0.320 e. The number of benzene rings is 3. The van der Waals surface area contributed by atoms with Gasteiger partial charge >= 0.3 is 6.03 Å². The predicted octanol–water partition coefficient (Wildman–Crippen LogP) is 5.41. The Labute approximate surface area is 176 Å². The minimum atomic E-state index is -0.586. The molecule has 3 aromatic carbocycles.